The highest BCUT2D eigenvalue weighted by molar-refractivity contribution is 7.99. The van der Waals surface area contributed by atoms with Crippen molar-refractivity contribution in [1.82, 2.24) is 20.1 Å². The summed E-state index contributed by atoms with van der Waals surface area (Å²) in [5.41, 5.74) is 0.878. The van der Waals surface area contributed by atoms with E-state index in [9.17, 15) is 14.0 Å². The van der Waals surface area contributed by atoms with Crippen LogP contribution >= 0.6 is 11.8 Å². The van der Waals surface area contributed by atoms with Crippen LogP contribution < -0.4 is 14.8 Å². The average Bonchev–Trinajstić information content (AvgIpc) is 3.36. The van der Waals surface area contributed by atoms with Gasteiger partial charge in [-0.05, 0) is 42.5 Å². The lowest BCUT2D eigenvalue weighted by Gasteiger charge is -2.07. The first-order valence-corrected chi connectivity index (χ1v) is 9.97. The Labute approximate surface area is 175 Å². The Morgan fingerprint density at radius 3 is 2.63 bits per heavy atom. The molecule has 0 saturated carbocycles. The van der Waals surface area contributed by atoms with Crippen molar-refractivity contribution in [2.45, 2.75) is 11.7 Å². The summed E-state index contributed by atoms with van der Waals surface area (Å²) >= 11 is 1.22. The first-order valence-electron chi connectivity index (χ1n) is 8.99. The van der Waals surface area contributed by atoms with Gasteiger partial charge in [0.1, 0.15) is 5.82 Å². The van der Waals surface area contributed by atoms with Gasteiger partial charge in [0, 0.05) is 18.2 Å². The summed E-state index contributed by atoms with van der Waals surface area (Å²) in [5.74, 6) is 1.02. The molecule has 154 valence electrons. The zero-order valence-electron chi connectivity index (χ0n) is 15.9. The number of benzene rings is 2. The number of hydrogen-bond donors (Lipinski definition) is 1. The van der Waals surface area contributed by atoms with E-state index in [4.69, 9.17) is 9.47 Å². The molecule has 2 heterocycles. The van der Waals surface area contributed by atoms with Crippen molar-refractivity contribution in [3.8, 4) is 11.5 Å². The SMILES string of the molecule is Cn1c(CNC(=O)c2ccc3c(c2)OCO3)nnc1SCC(=O)c1ccc(F)cc1. The Kier molecular flexibility index (Phi) is 5.66. The first kappa shape index (κ1) is 19.9. The molecule has 0 aliphatic carbocycles. The highest BCUT2D eigenvalue weighted by Crippen LogP contribution is 2.32. The van der Waals surface area contributed by atoms with Crippen LogP contribution in [-0.4, -0.2) is 39.0 Å². The van der Waals surface area contributed by atoms with Gasteiger partial charge in [0.05, 0.1) is 12.3 Å². The topological polar surface area (TPSA) is 95.3 Å². The van der Waals surface area contributed by atoms with Gasteiger partial charge in [0.2, 0.25) is 6.79 Å². The highest BCUT2D eigenvalue weighted by atomic mass is 32.2. The number of ketones is 1. The van der Waals surface area contributed by atoms with Crippen molar-refractivity contribution in [2.24, 2.45) is 7.05 Å². The number of carbonyl (C=O) groups is 2. The van der Waals surface area contributed by atoms with Crippen LogP contribution in [0, 0.1) is 5.82 Å². The predicted molar refractivity (Wildman–Crippen MR) is 106 cm³/mol. The van der Waals surface area contributed by atoms with Gasteiger partial charge in [-0.1, -0.05) is 11.8 Å². The lowest BCUT2D eigenvalue weighted by Crippen LogP contribution is -2.24. The van der Waals surface area contributed by atoms with Crippen molar-refractivity contribution in [3.05, 3.63) is 65.2 Å². The summed E-state index contributed by atoms with van der Waals surface area (Å²) in [5, 5.41) is 11.5. The molecule has 10 heteroatoms. The number of fused-ring (bicyclic) bond motifs is 1. The second-order valence-corrected chi connectivity index (χ2v) is 7.37. The van der Waals surface area contributed by atoms with E-state index < -0.39 is 0 Å². The molecule has 0 saturated heterocycles. The minimum Gasteiger partial charge on any atom is -0.454 e. The Hall–Kier alpha value is -3.40. The van der Waals surface area contributed by atoms with Gasteiger partial charge < -0.3 is 19.4 Å². The predicted octanol–water partition coefficient (Wildman–Crippen LogP) is 2.59. The van der Waals surface area contributed by atoms with Crippen LogP contribution in [0.4, 0.5) is 4.39 Å². The molecule has 0 atom stereocenters. The van der Waals surface area contributed by atoms with Crippen LogP contribution in [0.1, 0.15) is 26.5 Å². The maximum atomic E-state index is 13.0. The number of thioether (sulfide) groups is 1. The lowest BCUT2D eigenvalue weighted by atomic mass is 10.1. The quantitative estimate of drug-likeness (QED) is 0.456. The molecule has 30 heavy (non-hydrogen) atoms. The zero-order valence-corrected chi connectivity index (χ0v) is 16.7. The Bertz CT molecular complexity index is 1100. The molecule has 2 aromatic carbocycles. The van der Waals surface area contributed by atoms with Crippen LogP contribution in [0.15, 0.2) is 47.6 Å². The number of halogens is 1. The molecule has 1 amide bonds. The van der Waals surface area contributed by atoms with Gasteiger partial charge in [-0.2, -0.15) is 0 Å². The fourth-order valence-electron chi connectivity index (χ4n) is 2.77. The van der Waals surface area contributed by atoms with Gasteiger partial charge in [-0.25, -0.2) is 4.39 Å². The number of ether oxygens (including phenoxy) is 2. The number of carbonyl (C=O) groups excluding carboxylic acids is 2. The molecule has 3 aromatic rings. The maximum absolute atomic E-state index is 13.0. The smallest absolute Gasteiger partial charge is 0.251 e. The molecule has 0 radical (unpaired) electrons. The third kappa shape index (κ3) is 4.28. The van der Waals surface area contributed by atoms with Crippen LogP contribution in [0.3, 0.4) is 0 Å². The minimum absolute atomic E-state index is 0.138. The Balaban J connectivity index is 1.33. The number of amides is 1. The summed E-state index contributed by atoms with van der Waals surface area (Å²) in [4.78, 5) is 24.6. The van der Waals surface area contributed by atoms with Gasteiger partial charge in [0.15, 0.2) is 28.3 Å². The van der Waals surface area contributed by atoms with Crippen molar-refractivity contribution >= 4 is 23.5 Å². The summed E-state index contributed by atoms with van der Waals surface area (Å²) in [7, 11) is 1.76. The summed E-state index contributed by atoms with van der Waals surface area (Å²) < 4.78 is 25.2. The molecule has 8 nitrogen and oxygen atoms in total. The van der Waals surface area contributed by atoms with Crippen LogP contribution in [0.25, 0.3) is 0 Å². The van der Waals surface area contributed by atoms with Crippen molar-refractivity contribution in [1.29, 1.82) is 0 Å². The Morgan fingerprint density at radius 1 is 1.10 bits per heavy atom. The summed E-state index contributed by atoms with van der Waals surface area (Å²) in [6.45, 7) is 0.312. The van der Waals surface area contributed by atoms with E-state index in [1.165, 1.54) is 36.0 Å². The second-order valence-electron chi connectivity index (χ2n) is 6.43. The second kappa shape index (κ2) is 8.54. The molecular formula is C20H17FN4O4S. The highest BCUT2D eigenvalue weighted by Gasteiger charge is 2.17. The van der Waals surface area contributed by atoms with E-state index in [2.05, 4.69) is 15.5 Å². The van der Waals surface area contributed by atoms with Crippen molar-refractivity contribution in [2.75, 3.05) is 12.5 Å². The molecule has 1 aliphatic rings. The molecule has 0 fully saturated rings. The van der Waals surface area contributed by atoms with Crippen molar-refractivity contribution < 1.29 is 23.5 Å². The van der Waals surface area contributed by atoms with Gasteiger partial charge in [-0.15, -0.1) is 10.2 Å². The van der Waals surface area contributed by atoms with Gasteiger partial charge in [0.25, 0.3) is 5.91 Å². The van der Waals surface area contributed by atoms with E-state index in [1.54, 1.807) is 29.8 Å². The molecule has 0 unspecified atom stereocenters. The monoisotopic (exact) mass is 428 g/mol. The molecule has 4 rings (SSSR count). The number of Topliss-reactive ketones (excluding diaryl/α,β-unsaturated/α-hetero) is 1. The van der Waals surface area contributed by atoms with Crippen molar-refractivity contribution in [3.63, 3.8) is 0 Å². The van der Waals surface area contributed by atoms with Crippen LogP contribution in [0.2, 0.25) is 0 Å². The number of nitrogens with zero attached hydrogens (tertiary/aromatic N) is 3. The maximum Gasteiger partial charge on any atom is 0.251 e. The fraction of sp³-hybridized carbons (Fsp3) is 0.200. The fourth-order valence-corrected chi connectivity index (χ4v) is 3.60. The Morgan fingerprint density at radius 2 is 1.83 bits per heavy atom. The molecule has 0 spiro atoms. The molecule has 0 bridgehead atoms. The van der Waals surface area contributed by atoms with Gasteiger partial charge >= 0.3 is 0 Å². The van der Waals surface area contributed by atoms with E-state index in [0.717, 1.165) is 0 Å². The van der Waals surface area contributed by atoms with Gasteiger partial charge in [-0.3, -0.25) is 9.59 Å². The number of aromatic nitrogens is 3. The first-order chi connectivity index (χ1) is 14.5. The molecule has 1 aromatic heterocycles. The van der Waals surface area contributed by atoms with E-state index in [0.29, 0.717) is 33.6 Å². The van der Waals surface area contributed by atoms with E-state index in [1.807, 2.05) is 0 Å². The third-order valence-corrected chi connectivity index (χ3v) is 5.49. The van der Waals surface area contributed by atoms with Crippen LogP contribution in [0.5, 0.6) is 11.5 Å². The number of nitrogens with one attached hydrogen (secondary N) is 1. The molecule has 1 N–H and O–H groups in total. The van der Waals surface area contributed by atoms with Crippen LogP contribution in [-0.2, 0) is 13.6 Å². The zero-order chi connectivity index (χ0) is 21.1. The molecular weight excluding hydrogens is 411 g/mol. The minimum atomic E-state index is -0.389. The summed E-state index contributed by atoms with van der Waals surface area (Å²) in [6.07, 6.45) is 0. The largest absolute Gasteiger partial charge is 0.454 e. The molecule has 1 aliphatic heterocycles. The van der Waals surface area contributed by atoms with E-state index in [-0.39, 0.29) is 36.6 Å². The normalized spacial score (nSPS) is 12.1. The lowest BCUT2D eigenvalue weighted by molar-refractivity contribution is 0.0948. The number of rotatable bonds is 7. The third-order valence-electron chi connectivity index (χ3n) is 4.47. The standard InChI is InChI=1S/C20H17FN4O4S/c1-25-18(9-22-19(27)13-4-7-16-17(8-13)29-11-28-16)23-24-20(25)30-10-15(26)12-2-5-14(21)6-3-12/h2-8H,9-11H2,1H3,(H,22,27). The average molecular weight is 428 g/mol. The van der Waals surface area contributed by atoms with E-state index >= 15 is 0 Å². The summed E-state index contributed by atoms with van der Waals surface area (Å²) in [6, 6.07) is 10.4. The number of hydrogen-bond acceptors (Lipinski definition) is 7.